The Morgan fingerprint density at radius 1 is 1.27 bits per heavy atom. The Labute approximate surface area is 130 Å². The number of rotatable bonds is 5. The molecule has 120 valence electrons. The van der Waals surface area contributed by atoms with Gasteiger partial charge in [0, 0.05) is 20.2 Å². The van der Waals surface area contributed by atoms with Gasteiger partial charge in [-0.2, -0.15) is 0 Å². The number of aliphatic carboxylic acids is 1. The third-order valence-corrected chi connectivity index (χ3v) is 4.50. The zero-order valence-electron chi connectivity index (χ0n) is 13.1. The summed E-state index contributed by atoms with van der Waals surface area (Å²) in [4.78, 5) is 25.9. The molecule has 5 heteroatoms. The molecule has 1 atom stereocenters. The predicted octanol–water partition coefficient (Wildman–Crippen LogP) is 1.91. The Balaban J connectivity index is 2.11. The molecule has 22 heavy (non-hydrogen) atoms. The van der Waals surface area contributed by atoms with Crippen LogP contribution in [0.4, 0.5) is 0 Å². The van der Waals surface area contributed by atoms with Crippen LogP contribution in [-0.4, -0.2) is 48.7 Å². The number of carboxylic acid groups (broad SMARTS) is 1. The number of ether oxygens (including phenoxy) is 1. The minimum absolute atomic E-state index is 0.0360. The second-order valence-corrected chi connectivity index (χ2v) is 5.93. The van der Waals surface area contributed by atoms with Gasteiger partial charge in [-0.1, -0.05) is 37.3 Å². The Kier molecular flexibility index (Phi) is 5.19. The molecule has 1 saturated heterocycles. The lowest BCUT2D eigenvalue weighted by Gasteiger charge is -2.40. The molecule has 0 aromatic heterocycles. The van der Waals surface area contributed by atoms with E-state index in [1.165, 1.54) is 0 Å². The quantitative estimate of drug-likeness (QED) is 0.902. The van der Waals surface area contributed by atoms with E-state index >= 15 is 0 Å². The SMILES string of the molecule is COCC(C)C(=O)N1CCC(C(=O)O)(c2ccccc2)CC1. The Hall–Kier alpha value is -1.88. The summed E-state index contributed by atoms with van der Waals surface area (Å²) in [5, 5.41) is 9.74. The van der Waals surface area contributed by atoms with Gasteiger partial charge in [-0.15, -0.1) is 0 Å². The molecular formula is C17H23NO4. The highest BCUT2D eigenvalue weighted by Crippen LogP contribution is 2.36. The van der Waals surface area contributed by atoms with Crippen LogP contribution in [0.5, 0.6) is 0 Å². The summed E-state index contributed by atoms with van der Waals surface area (Å²) >= 11 is 0. The van der Waals surface area contributed by atoms with Crippen molar-refractivity contribution in [1.82, 2.24) is 4.90 Å². The van der Waals surface area contributed by atoms with Crippen molar-refractivity contribution in [2.75, 3.05) is 26.8 Å². The number of nitrogens with zero attached hydrogens (tertiary/aromatic N) is 1. The van der Waals surface area contributed by atoms with Gasteiger partial charge in [-0.3, -0.25) is 9.59 Å². The third kappa shape index (κ3) is 3.14. The first-order chi connectivity index (χ1) is 10.5. The van der Waals surface area contributed by atoms with Crippen molar-refractivity contribution in [2.45, 2.75) is 25.2 Å². The number of benzene rings is 1. The normalized spacial score (nSPS) is 18.7. The van der Waals surface area contributed by atoms with Crippen LogP contribution in [0.2, 0.25) is 0 Å². The Morgan fingerprint density at radius 3 is 2.36 bits per heavy atom. The van der Waals surface area contributed by atoms with E-state index in [1.54, 1.807) is 12.0 Å². The zero-order chi connectivity index (χ0) is 16.2. The van der Waals surface area contributed by atoms with Crippen LogP contribution in [0, 0.1) is 5.92 Å². The van der Waals surface area contributed by atoms with Crippen LogP contribution in [0.25, 0.3) is 0 Å². The molecule has 1 aliphatic heterocycles. The molecule has 0 aliphatic carbocycles. The summed E-state index contributed by atoms with van der Waals surface area (Å²) in [7, 11) is 1.57. The molecule has 0 spiro atoms. The van der Waals surface area contributed by atoms with E-state index < -0.39 is 11.4 Å². The topological polar surface area (TPSA) is 66.8 Å². The molecule has 0 bridgehead atoms. The monoisotopic (exact) mass is 305 g/mol. The average molecular weight is 305 g/mol. The highest BCUT2D eigenvalue weighted by atomic mass is 16.5. The van der Waals surface area contributed by atoms with Gasteiger partial charge >= 0.3 is 5.97 Å². The molecule has 1 aromatic rings. The summed E-state index contributed by atoms with van der Waals surface area (Å²) < 4.78 is 5.02. The highest BCUT2D eigenvalue weighted by molar-refractivity contribution is 5.83. The first-order valence-electron chi connectivity index (χ1n) is 7.58. The number of amides is 1. The van der Waals surface area contributed by atoms with Crippen LogP contribution >= 0.6 is 0 Å². The molecule has 1 aromatic carbocycles. The van der Waals surface area contributed by atoms with Gasteiger partial charge in [0.15, 0.2) is 0 Å². The number of likely N-dealkylation sites (tertiary alicyclic amines) is 1. The van der Waals surface area contributed by atoms with Gasteiger partial charge in [-0.05, 0) is 18.4 Å². The molecule has 1 heterocycles. The molecule has 0 radical (unpaired) electrons. The fourth-order valence-electron chi connectivity index (χ4n) is 3.12. The summed E-state index contributed by atoms with van der Waals surface area (Å²) in [5.74, 6) is -0.969. The van der Waals surface area contributed by atoms with Crippen LogP contribution < -0.4 is 0 Å². The predicted molar refractivity (Wildman–Crippen MR) is 82.6 cm³/mol. The van der Waals surface area contributed by atoms with Crippen LogP contribution in [-0.2, 0) is 19.7 Å². The number of piperidine rings is 1. The fraction of sp³-hybridized carbons (Fsp3) is 0.529. The van der Waals surface area contributed by atoms with Gasteiger partial charge < -0.3 is 14.7 Å². The number of carbonyl (C=O) groups is 2. The standard InChI is InChI=1S/C17H23NO4/c1-13(12-22-2)15(19)18-10-8-17(9-11-18,16(20)21)14-6-4-3-5-7-14/h3-7,13H,8-12H2,1-2H3,(H,20,21). The summed E-state index contributed by atoms with van der Waals surface area (Å²) in [6.07, 6.45) is 0.885. The molecule has 1 N–H and O–H groups in total. The maximum Gasteiger partial charge on any atom is 0.314 e. The van der Waals surface area contributed by atoms with Crippen molar-refractivity contribution in [1.29, 1.82) is 0 Å². The van der Waals surface area contributed by atoms with Crippen LogP contribution in [0.3, 0.4) is 0 Å². The minimum Gasteiger partial charge on any atom is -0.481 e. The van der Waals surface area contributed by atoms with E-state index in [4.69, 9.17) is 4.74 Å². The number of hydrogen-bond acceptors (Lipinski definition) is 3. The number of methoxy groups -OCH3 is 1. The number of carboxylic acids is 1. The maximum absolute atomic E-state index is 12.3. The van der Waals surface area contributed by atoms with Crippen molar-refractivity contribution >= 4 is 11.9 Å². The van der Waals surface area contributed by atoms with Gasteiger partial charge in [-0.25, -0.2) is 0 Å². The summed E-state index contributed by atoms with van der Waals surface area (Å²) in [6.45, 7) is 3.16. The molecular weight excluding hydrogens is 282 g/mol. The molecule has 5 nitrogen and oxygen atoms in total. The van der Waals surface area contributed by atoms with Gasteiger partial charge in [0.25, 0.3) is 0 Å². The van der Waals surface area contributed by atoms with Gasteiger partial charge in [0.1, 0.15) is 0 Å². The average Bonchev–Trinajstić information content (AvgIpc) is 2.55. The van der Waals surface area contributed by atoms with E-state index in [9.17, 15) is 14.7 Å². The first-order valence-corrected chi connectivity index (χ1v) is 7.58. The molecule has 1 fully saturated rings. The van der Waals surface area contributed by atoms with Crippen molar-refractivity contribution in [3.63, 3.8) is 0 Å². The second-order valence-electron chi connectivity index (χ2n) is 5.93. The van der Waals surface area contributed by atoms with E-state index in [-0.39, 0.29) is 11.8 Å². The molecule has 1 amide bonds. The summed E-state index contributed by atoms with van der Waals surface area (Å²) in [6, 6.07) is 9.32. The van der Waals surface area contributed by atoms with Gasteiger partial charge in [0.05, 0.1) is 17.9 Å². The lowest BCUT2D eigenvalue weighted by Crippen LogP contribution is -2.50. The zero-order valence-corrected chi connectivity index (χ0v) is 13.1. The molecule has 1 aliphatic rings. The van der Waals surface area contributed by atoms with Crippen molar-refractivity contribution in [2.24, 2.45) is 5.92 Å². The second kappa shape index (κ2) is 6.92. The van der Waals surface area contributed by atoms with Crippen LogP contribution in [0.15, 0.2) is 30.3 Å². The van der Waals surface area contributed by atoms with Gasteiger partial charge in [0.2, 0.25) is 5.91 Å². The lowest BCUT2D eigenvalue weighted by atomic mass is 9.72. The molecule has 1 unspecified atom stereocenters. The van der Waals surface area contributed by atoms with Crippen molar-refractivity contribution in [3.05, 3.63) is 35.9 Å². The first kappa shape index (κ1) is 16.5. The smallest absolute Gasteiger partial charge is 0.314 e. The third-order valence-electron chi connectivity index (χ3n) is 4.50. The van der Waals surface area contributed by atoms with E-state index in [0.717, 1.165) is 5.56 Å². The summed E-state index contributed by atoms with van der Waals surface area (Å²) in [5.41, 5.74) is -0.0674. The van der Waals surface area contributed by atoms with E-state index in [1.807, 2.05) is 37.3 Å². The lowest BCUT2D eigenvalue weighted by molar-refractivity contribution is -0.149. The van der Waals surface area contributed by atoms with Crippen molar-refractivity contribution in [3.8, 4) is 0 Å². The maximum atomic E-state index is 12.3. The molecule has 0 saturated carbocycles. The van der Waals surface area contributed by atoms with E-state index in [0.29, 0.717) is 32.5 Å². The minimum atomic E-state index is -0.886. The van der Waals surface area contributed by atoms with Crippen molar-refractivity contribution < 1.29 is 19.4 Å². The number of carbonyl (C=O) groups excluding carboxylic acids is 1. The van der Waals surface area contributed by atoms with E-state index in [2.05, 4.69) is 0 Å². The fourth-order valence-corrected chi connectivity index (χ4v) is 3.12. The number of hydrogen-bond donors (Lipinski definition) is 1. The Bertz CT molecular complexity index is 521. The largest absolute Gasteiger partial charge is 0.481 e. The Morgan fingerprint density at radius 2 is 1.86 bits per heavy atom. The molecule has 2 rings (SSSR count). The van der Waals surface area contributed by atoms with Crippen LogP contribution in [0.1, 0.15) is 25.3 Å². The highest BCUT2D eigenvalue weighted by Gasteiger charge is 2.44.